The van der Waals surface area contributed by atoms with Crippen molar-refractivity contribution in [3.05, 3.63) is 39.9 Å². The number of methoxy groups -OCH3 is 1. The van der Waals surface area contributed by atoms with Gasteiger partial charge in [0.05, 0.1) is 13.2 Å². The van der Waals surface area contributed by atoms with Gasteiger partial charge in [-0.2, -0.15) is 0 Å². The lowest BCUT2D eigenvalue weighted by Gasteiger charge is -2.11. The molecule has 3 heteroatoms. The van der Waals surface area contributed by atoms with E-state index in [2.05, 4.69) is 22.0 Å². The van der Waals surface area contributed by atoms with Gasteiger partial charge < -0.3 is 9.84 Å². The van der Waals surface area contributed by atoms with Crippen molar-refractivity contribution >= 4 is 15.9 Å². The number of halogens is 1. The van der Waals surface area contributed by atoms with Gasteiger partial charge in [0.2, 0.25) is 0 Å². The minimum Gasteiger partial charge on any atom is -0.496 e. The highest BCUT2D eigenvalue weighted by atomic mass is 79.9. The smallest absolute Gasteiger partial charge is 0.122 e. The van der Waals surface area contributed by atoms with Crippen molar-refractivity contribution in [3.63, 3.8) is 0 Å². The van der Waals surface area contributed by atoms with E-state index in [4.69, 9.17) is 4.74 Å². The van der Waals surface area contributed by atoms with Crippen LogP contribution in [-0.4, -0.2) is 18.3 Å². The molecule has 98 valence electrons. The summed E-state index contributed by atoms with van der Waals surface area (Å²) >= 11 is 3.49. The van der Waals surface area contributed by atoms with Crippen LogP contribution in [0.25, 0.3) is 0 Å². The molecule has 0 amide bonds. The monoisotopic (exact) mass is 310 g/mol. The molecule has 1 aliphatic carbocycles. The van der Waals surface area contributed by atoms with E-state index in [9.17, 15) is 5.11 Å². The number of allylic oxidation sites excluding steroid dienone is 1. The summed E-state index contributed by atoms with van der Waals surface area (Å²) in [4.78, 5) is 0. The van der Waals surface area contributed by atoms with Crippen LogP contribution in [0.5, 0.6) is 5.75 Å². The first-order valence-electron chi connectivity index (χ1n) is 6.39. The number of benzene rings is 1. The van der Waals surface area contributed by atoms with Crippen molar-refractivity contribution in [1.82, 2.24) is 0 Å². The highest BCUT2D eigenvalue weighted by Crippen LogP contribution is 2.28. The fraction of sp³-hybridized carbons (Fsp3) is 0.467. The maximum absolute atomic E-state index is 9.80. The Morgan fingerprint density at radius 2 is 2.22 bits per heavy atom. The van der Waals surface area contributed by atoms with Crippen molar-refractivity contribution in [1.29, 1.82) is 0 Å². The van der Waals surface area contributed by atoms with E-state index in [0.717, 1.165) is 35.9 Å². The first kappa shape index (κ1) is 13.6. The fourth-order valence-electron chi connectivity index (χ4n) is 2.42. The molecular weight excluding hydrogens is 292 g/mol. The Morgan fingerprint density at radius 1 is 1.39 bits per heavy atom. The van der Waals surface area contributed by atoms with Gasteiger partial charge in [-0.3, -0.25) is 0 Å². The standard InChI is InChI=1S/C15H19BrO2/c1-18-15-7-6-13(16)10-12(15)8-11-4-2-3-5-14(17)9-11/h6-7,9-10,14,17H,2-5,8H2,1H3. The van der Waals surface area contributed by atoms with E-state index in [1.165, 1.54) is 17.6 Å². The van der Waals surface area contributed by atoms with Crippen LogP contribution in [0.4, 0.5) is 0 Å². The molecule has 0 bridgehead atoms. The lowest BCUT2D eigenvalue weighted by atomic mass is 10.0. The molecule has 1 atom stereocenters. The summed E-state index contributed by atoms with van der Waals surface area (Å²) in [7, 11) is 1.70. The van der Waals surface area contributed by atoms with Gasteiger partial charge in [0.1, 0.15) is 5.75 Å². The van der Waals surface area contributed by atoms with E-state index in [1.807, 2.05) is 18.2 Å². The molecule has 0 fully saturated rings. The van der Waals surface area contributed by atoms with Gasteiger partial charge in [-0.1, -0.05) is 34.0 Å². The van der Waals surface area contributed by atoms with Crippen LogP contribution < -0.4 is 4.74 Å². The van der Waals surface area contributed by atoms with Crippen molar-refractivity contribution in [2.24, 2.45) is 0 Å². The second-order valence-corrected chi connectivity index (χ2v) is 5.69. The molecule has 1 N–H and O–H groups in total. The summed E-state index contributed by atoms with van der Waals surface area (Å²) in [5.41, 5.74) is 2.49. The number of aliphatic hydroxyl groups is 1. The Bertz CT molecular complexity index is 440. The highest BCUT2D eigenvalue weighted by Gasteiger charge is 2.12. The molecule has 2 nitrogen and oxygen atoms in total. The normalized spacial score (nSPS) is 20.2. The number of rotatable bonds is 3. The molecule has 1 aromatic carbocycles. The zero-order valence-corrected chi connectivity index (χ0v) is 12.2. The topological polar surface area (TPSA) is 29.5 Å². The van der Waals surface area contributed by atoms with Gasteiger partial charge in [0, 0.05) is 4.47 Å². The second-order valence-electron chi connectivity index (χ2n) is 4.77. The molecule has 0 aromatic heterocycles. The van der Waals surface area contributed by atoms with E-state index in [0.29, 0.717) is 0 Å². The zero-order valence-electron chi connectivity index (χ0n) is 10.7. The summed E-state index contributed by atoms with van der Waals surface area (Å²) in [6, 6.07) is 6.06. The first-order chi connectivity index (χ1) is 8.69. The van der Waals surface area contributed by atoms with Crippen molar-refractivity contribution in [2.75, 3.05) is 7.11 Å². The fourth-order valence-corrected chi connectivity index (χ4v) is 2.83. The third-order valence-corrected chi connectivity index (χ3v) is 3.83. The second kappa shape index (κ2) is 6.39. The van der Waals surface area contributed by atoms with Gasteiger partial charge in [-0.25, -0.2) is 0 Å². The molecule has 0 spiro atoms. The number of hydrogen-bond donors (Lipinski definition) is 1. The molecule has 0 heterocycles. The third-order valence-electron chi connectivity index (χ3n) is 3.34. The molecule has 0 saturated carbocycles. The third kappa shape index (κ3) is 3.59. The average Bonchev–Trinajstić information content (AvgIpc) is 2.54. The highest BCUT2D eigenvalue weighted by molar-refractivity contribution is 9.10. The average molecular weight is 311 g/mol. The zero-order chi connectivity index (χ0) is 13.0. The van der Waals surface area contributed by atoms with Crippen LogP contribution in [0, 0.1) is 0 Å². The summed E-state index contributed by atoms with van der Waals surface area (Å²) in [6.45, 7) is 0. The molecule has 1 unspecified atom stereocenters. The molecule has 1 aromatic rings. The predicted molar refractivity (Wildman–Crippen MR) is 77.0 cm³/mol. The van der Waals surface area contributed by atoms with E-state index in [-0.39, 0.29) is 6.10 Å². The maximum Gasteiger partial charge on any atom is 0.122 e. The quantitative estimate of drug-likeness (QED) is 0.859. The van der Waals surface area contributed by atoms with Gasteiger partial charge in [-0.05, 0) is 49.4 Å². The lowest BCUT2D eigenvalue weighted by Crippen LogP contribution is -2.01. The summed E-state index contributed by atoms with van der Waals surface area (Å²) in [6.07, 6.45) is 6.84. The lowest BCUT2D eigenvalue weighted by molar-refractivity contribution is 0.211. The van der Waals surface area contributed by atoms with Crippen LogP contribution >= 0.6 is 15.9 Å². The Kier molecular flexibility index (Phi) is 4.84. The summed E-state index contributed by atoms with van der Waals surface area (Å²) < 4.78 is 6.45. The first-order valence-corrected chi connectivity index (χ1v) is 7.18. The largest absolute Gasteiger partial charge is 0.496 e. The molecule has 0 aliphatic heterocycles. The minimum atomic E-state index is -0.277. The van der Waals surface area contributed by atoms with Crippen LogP contribution in [0.15, 0.2) is 34.3 Å². The molecule has 0 radical (unpaired) electrons. The Hall–Kier alpha value is -0.800. The maximum atomic E-state index is 9.80. The molecule has 2 rings (SSSR count). The van der Waals surface area contributed by atoms with Crippen LogP contribution in [0.3, 0.4) is 0 Å². The summed E-state index contributed by atoms with van der Waals surface area (Å²) in [5.74, 6) is 0.915. The van der Waals surface area contributed by atoms with E-state index >= 15 is 0 Å². The van der Waals surface area contributed by atoms with Gasteiger partial charge in [-0.15, -0.1) is 0 Å². The Labute approximate surface area is 117 Å². The molecule has 0 saturated heterocycles. The van der Waals surface area contributed by atoms with Crippen LogP contribution in [0.1, 0.15) is 31.2 Å². The van der Waals surface area contributed by atoms with E-state index in [1.54, 1.807) is 7.11 Å². The van der Waals surface area contributed by atoms with E-state index < -0.39 is 0 Å². The number of aliphatic hydroxyl groups excluding tert-OH is 1. The predicted octanol–water partition coefficient (Wildman–Crippen LogP) is 3.86. The molecular formula is C15H19BrO2. The van der Waals surface area contributed by atoms with Gasteiger partial charge in [0.25, 0.3) is 0 Å². The number of hydrogen-bond acceptors (Lipinski definition) is 2. The van der Waals surface area contributed by atoms with Crippen molar-refractivity contribution < 1.29 is 9.84 Å². The van der Waals surface area contributed by atoms with Crippen LogP contribution in [-0.2, 0) is 6.42 Å². The van der Waals surface area contributed by atoms with Crippen molar-refractivity contribution in [2.45, 2.75) is 38.2 Å². The Morgan fingerprint density at radius 3 is 3.00 bits per heavy atom. The SMILES string of the molecule is COc1ccc(Br)cc1CC1=CC(O)CCCC1. The van der Waals surface area contributed by atoms with Gasteiger partial charge in [0.15, 0.2) is 0 Å². The Balaban J connectivity index is 2.19. The summed E-state index contributed by atoms with van der Waals surface area (Å²) in [5, 5.41) is 9.80. The van der Waals surface area contributed by atoms with Crippen molar-refractivity contribution in [3.8, 4) is 5.75 Å². The molecule has 18 heavy (non-hydrogen) atoms. The molecule has 1 aliphatic rings. The van der Waals surface area contributed by atoms with Crippen LogP contribution in [0.2, 0.25) is 0 Å². The van der Waals surface area contributed by atoms with Gasteiger partial charge >= 0.3 is 0 Å². The number of ether oxygens (including phenoxy) is 1. The minimum absolute atomic E-state index is 0.277.